The number of fused-ring (bicyclic) bond motifs is 1. The summed E-state index contributed by atoms with van der Waals surface area (Å²) >= 11 is 1.47. The van der Waals surface area contributed by atoms with Crippen LogP contribution in [0.15, 0.2) is 36.4 Å². The fourth-order valence-electron chi connectivity index (χ4n) is 2.47. The summed E-state index contributed by atoms with van der Waals surface area (Å²) in [5.41, 5.74) is 4.26. The van der Waals surface area contributed by atoms with Gasteiger partial charge in [0.15, 0.2) is 11.2 Å². The molecular formula is C19H20N2O2S. The Balaban J connectivity index is 1.70. The van der Waals surface area contributed by atoms with Gasteiger partial charge >= 0.3 is 0 Å². The molecule has 0 radical (unpaired) electrons. The van der Waals surface area contributed by atoms with Crippen molar-refractivity contribution in [3.8, 4) is 5.75 Å². The minimum atomic E-state index is -0.597. The molecule has 1 atom stereocenters. The number of anilines is 1. The number of rotatable bonds is 4. The van der Waals surface area contributed by atoms with Crippen LogP contribution in [0.1, 0.15) is 23.6 Å². The second-order valence-corrected chi connectivity index (χ2v) is 7.04. The van der Waals surface area contributed by atoms with Crippen molar-refractivity contribution in [3.05, 3.63) is 53.1 Å². The first kappa shape index (κ1) is 16.5. The van der Waals surface area contributed by atoms with Crippen LogP contribution >= 0.6 is 11.3 Å². The fourth-order valence-corrected chi connectivity index (χ4v) is 3.43. The first-order valence-corrected chi connectivity index (χ1v) is 8.66. The maximum Gasteiger partial charge on any atom is 0.266 e. The molecule has 0 aliphatic heterocycles. The number of ether oxygens (including phenoxy) is 1. The van der Waals surface area contributed by atoms with Crippen molar-refractivity contribution in [2.75, 3.05) is 5.32 Å². The molecule has 1 N–H and O–H groups in total. The van der Waals surface area contributed by atoms with Crippen molar-refractivity contribution in [2.45, 2.75) is 33.8 Å². The largest absolute Gasteiger partial charge is 0.481 e. The number of hydrogen-bond donors (Lipinski definition) is 1. The third-order valence-corrected chi connectivity index (χ3v) is 4.71. The van der Waals surface area contributed by atoms with Gasteiger partial charge in [0.2, 0.25) is 0 Å². The predicted octanol–water partition coefficient (Wildman–Crippen LogP) is 4.63. The van der Waals surface area contributed by atoms with Gasteiger partial charge in [-0.15, -0.1) is 0 Å². The SMILES string of the molecule is Cc1ccc(OC(C)C(=O)Nc2nc3ccc(C)cc3s2)c(C)c1. The molecule has 0 saturated carbocycles. The molecule has 1 amide bonds. The number of aromatic nitrogens is 1. The summed E-state index contributed by atoms with van der Waals surface area (Å²) in [5.74, 6) is 0.522. The second kappa shape index (κ2) is 6.61. The van der Waals surface area contributed by atoms with E-state index >= 15 is 0 Å². The van der Waals surface area contributed by atoms with E-state index in [-0.39, 0.29) is 5.91 Å². The molecular weight excluding hydrogens is 320 g/mol. The molecule has 124 valence electrons. The van der Waals surface area contributed by atoms with Crippen molar-refractivity contribution in [1.82, 2.24) is 4.98 Å². The van der Waals surface area contributed by atoms with E-state index in [1.807, 2.05) is 51.1 Å². The number of nitrogens with zero attached hydrogens (tertiary/aromatic N) is 1. The van der Waals surface area contributed by atoms with E-state index in [0.29, 0.717) is 5.13 Å². The summed E-state index contributed by atoms with van der Waals surface area (Å²) in [6.45, 7) is 7.79. The van der Waals surface area contributed by atoms with Crippen LogP contribution in [0, 0.1) is 20.8 Å². The summed E-state index contributed by atoms with van der Waals surface area (Å²) < 4.78 is 6.86. The number of amides is 1. The average molecular weight is 340 g/mol. The number of aryl methyl sites for hydroxylation is 3. The Labute approximate surface area is 145 Å². The molecule has 24 heavy (non-hydrogen) atoms. The van der Waals surface area contributed by atoms with Crippen LogP contribution in [0.5, 0.6) is 5.75 Å². The number of carbonyl (C=O) groups excluding carboxylic acids is 1. The second-order valence-electron chi connectivity index (χ2n) is 6.01. The standard InChI is InChI=1S/C19H20N2O2S/c1-11-6-8-16(13(3)9-11)23-14(4)18(22)21-19-20-15-7-5-12(2)10-17(15)24-19/h5-10,14H,1-4H3,(H,20,21,22). The minimum Gasteiger partial charge on any atom is -0.481 e. The van der Waals surface area contributed by atoms with Gasteiger partial charge in [-0.3, -0.25) is 10.1 Å². The maximum absolute atomic E-state index is 12.4. The Morgan fingerprint density at radius 3 is 2.58 bits per heavy atom. The lowest BCUT2D eigenvalue weighted by Crippen LogP contribution is -2.30. The number of hydrogen-bond acceptors (Lipinski definition) is 4. The molecule has 3 rings (SSSR count). The number of nitrogens with one attached hydrogen (secondary N) is 1. The maximum atomic E-state index is 12.4. The van der Waals surface area contributed by atoms with Crippen molar-refractivity contribution in [1.29, 1.82) is 0 Å². The highest BCUT2D eigenvalue weighted by Gasteiger charge is 2.17. The number of thiazole rings is 1. The van der Waals surface area contributed by atoms with Gasteiger partial charge < -0.3 is 4.74 Å². The molecule has 3 aromatic rings. The van der Waals surface area contributed by atoms with Crippen LogP contribution in [-0.2, 0) is 4.79 Å². The first-order valence-electron chi connectivity index (χ1n) is 7.84. The van der Waals surface area contributed by atoms with E-state index < -0.39 is 6.10 Å². The summed E-state index contributed by atoms with van der Waals surface area (Å²) in [6, 6.07) is 12.0. The summed E-state index contributed by atoms with van der Waals surface area (Å²) in [7, 11) is 0. The van der Waals surface area contributed by atoms with E-state index in [2.05, 4.69) is 16.4 Å². The average Bonchev–Trinajstić information content (AvgIpc) is 2.91. The Bertz CT molecular complexity index is 902. The van der Waals surface area contributed by atoms with Gasteiger partial charge in [-0.25, -0.2) is 4.98 Å². The monoisotopic (exact) mass is 340 g/mol. The van der Waals surface area contributed by atoms with Gasteiger partial charge in [0.25, 0.3) is 5.91 Å². The van der Waals surface area contributed by atoms with E-state index in [1.165, 1.54) is 22.5 Å². The van der Waals surface area contributed by atoms with Gasteiger partial charge in [-0.2, -0.15) is 0 Å². The van der Waals surface area contributed by atoms with E-state index in [9.17, 15) is 4.79 Å². The number of benzene rings is 2. The molecule has 1 heterocycles. The third-order valence-electron chi connectivity index (χ3n) is 3.78. The van der Waals surface area contributed by atoms with E-state index in [4.69, 9.17) is 4.74 Å². The van der Waals surface area contributed by atoms with Crippen molar-refractivity contribution >= 4 is 32.6 Å². The molecule has 2 aromatic carbocycles. The van der Waals surface area contributed by atoms with Crippen molar-refractivity contribution < 1.29 is 9.53 Å². The quantitative estimate of drug-likeness (QED) is 0.753. The van der Waals surface area contributed by atoms with Crippen LogP contribution in [0.2, 0.25) is 0 Å². The van der Waals surface area contributed by atoms with Gasteiger partial charge in [-0.1, -0.05) is 35.1 Å². The molecule has 0 spiro atoms. The Morgan fingerprint density at radius 2 is 1.83 bits per heavy atom. The lowest BCUT2D eigenvalue weighted by atomic mass is 10.1. The normalized spacial score (nSPS) is 12.2. The lowest BCUT2D eigenvalue weighted by Gasteiger charge is -2.15. The third kappa shape index (κ3) is 3.57. The van der Waals surface area contributed by atoms with Crippen LogP contribution in [0.4, 0.5) is 5.13 Å². The molecule has 0 fully saturated rings. The van der Waals surface area contributed by atoms with E-state index in [0.717, 1.165) is 21.5 Å². The van der Waals surface area contributed by atoms with Gasteiger partial charge in [-0.05, 0) is 57.0 Å². The summed E-state index contributed by atoms with van der Waals surface area (Å²) in [5, 5.41) is 3.44. The lowest BCUT2D eigenvalue weighted by molar-refractivity contribution is -0.122. The molecule has 0 bridgehead atoms. The molecule has 1 aromatic heterocycles. The summed E-state index contributed by atoms with van der Waals surface area (Å²) in [4.78, 5) is 16.8. The molecule has 0 aliphatic rings. The highest BCUT2D eigenvalue weighted by Crippen LogP contribution is 2.27. The highest BCUT2D eigenvalue weighted by molar-refractivity contribution is 7.22. The number of carbonyl (C=O) groups is 1. The zero-order valence-electron chi connectivity index (χ0n) is 14.2. The van der Waals surface area contributed by atoms with Crippen LogP contribution in [-0.4, -0.2) is 17.0 Å². The predicted molar refractivity (Wildman–Crippen MR) is 99.0 cm³/mol. The molecule has 0 saturated heterocycles. The van der Waals surface area contributed by atoms with Gasteiger partial charge in [0, 0.05) is 0 Å². The van der Waals surface area contributed by atoms with Crippen molar-refractivity contribution in [2.24, 2.45) is 0 Å². The molecule has 5 heteroatoms. The minimum absolute atomic E-state index is 0.203. The van der Waals surface area contributed by atoms with Crippen LogP contribution in [0.25, 0.3) is 10.2 Å². The summed E-state index contributed by atoms with van der Waals surface area (Å²) in [6.07, 6.45) is -0.597. The van der Waals surface area contributed by atoms with Crippen molar-refractivity contribution in [3.63, 3.8) is 0 Å². The van der Waals surface area contributed by atoms with Gasteiger partial charge in [0.1, 0.15) is 5.75 Å². The molecule has 1 unspecified atom stereocenters. The first-order chi connectivity index (χ1) is 11.4. The zero-order chi connectivity index (χ0) is 17.3. The Kier molecular flexibility index (Phi) is 4.53. The Hall–Kier alpha value is -2.40. The molecule has 4 nitrogen and oxygen atoms in total. The molecule has 0 aliphatic carbocycles. The fraction of sp³-hybridized carbons (Fsp3) is 0.263. The van der Waals surface area contributed by atoms with Crippen LogP contribution < -0.4 is 10.1 Å². The zero-order valence-corrected chi connectivity index (χ0v) is 15.0. The Morgan fingerprint density at radius 1 is 1.12 bits per heavy atom. The van der Waals surface area contributed by atoms with E-state index in [1.54, 1.807) is 6.92 Å². The topological polar surface area (TPSA) is 51.2 Å². The highest BCUT2D eigenvalue weighted by atomic mass is 32.1. The van der Waals surface area contributed by atoms with Gasteiger partial charge in [0.05, 0.1) is 10.2 Å². The van der Waals surface area contributed by atoms with Crippen LogP contribution in [0.3, 0.4) is 0 Å². The smallest absolute Gasteiger partial charge is 0.266 e.